The van der Waals surface area contributed by atoms with Gasteiger partial charge in [0.05, 0.1) is 22.1 Å². The molecule has 0 amide bonds. The lowest BCUT2D eigenvalue weighted by Gasteiger charge is -2.40. The first kappa shape index (κ1) is 33.2. The maximum Gasteiger partial charge on any atom is 0.135 e. The SMILES string of the molecule is CC1(C)c2ccccc2-c2ccc(N(c3ccc4c(c3)C3(c5ccccc5-4)c4ccccc4-n4c5ccccc5c5cccc3c54)c3ccc4oc5ccccc5c4c3)cc21. The van der Waals surface area contributed by atoms with Gasteiger partial charge in [0.1, 0.15) is 11.2 Å². The topological polar surface area (TPSA) is 21.3 Å². The fourth-order valence-electron chi connectivity index (χ4n) is 11.8. The molecule has 0 saturated carbocycles. The van der Waals surface area contributed by atoms with Crippen LogP contribution in [0.4, 0.5) is 17.1 Å². The summed E-state index contributed by atoms with van der Waals surface area (Å²) in [5.41, 5.74) is 21.3. The van der Waals surface area contributed by atoms with Crippen molar-refractivity contribution >= 4 is 60.8 Å². The summed E-state index contributed by atoms with van der Waals surface area (Å²) in [5, 5.41) is 4.79. The van der Waals surface area contributed by atoms with E-state index in [2.05, 4.69) is 211 Å². The Balaban J connectivity index is 1.07. The molecule has 11 aromatic rings. The molecule has 3 heterocycles. The average molecular weight is 779 g/mol. The molecule has 1 atom stereocenters. The molecule has 1 spiro atoms. The average Bonchev–Trinajstić information content (AvgIpc) is 4.00. The van der Waals surface area contributed by atoms with E-state index < -0.39 is 5.41 Å². The fourth-order valence-corrected chi connectivity index (χ4v) is 11.8. The van der Waals surface area contributed by atoms with E-state index >= 15 is 0 Å². The molecule has 61 heavy (non-hydrogen) atoms. The number of furan rings is 1. The predicted octanol–water partition coefficient (Wildman–Crippen LogP) is 15.1. The summed E-state index contributed by atoms with van der Waals surface area (Å²) >= 11 is 0. The molecule has 3 heteroatoms. The van der Waals surface area contributed by atoms with Crippen molar-refractivity contribution in [3.8, 4) is 27.9 Å². The summed E-state index contributed by atoms with van der Waals surface area (Å²) in [6, 6.07) is 72.4. The van der Waals surface area contributed by atoms with E-state index in [1.165, 1.54) is 83.1 Å². The monoisotopic (exact) mass is 778 g/mol. The number of hydrogen-bond donors (Lipinski definition) is 0. The number of benzene rings is 9. The number of rotatable bonds is 3. The Morgan fingerprint density at radius 2 is 0.951 bits per heavy atom. The Bertz CT molecular complexity index is 3710. The Hall–Kier alpha value is -7.62. The molecule has 9 aromatic carbocycles. The van der Waals surface area contributed by atoms with Gasteiger partial charge in [-0.25, -0.2) is 0 Å². The van der Waals surface area contributed by atoms with Gasteiger partial charge in [-0.15, -0.1) is 0 Å². The second-order valence-corrected chi connectivity index (χ2v) is 17.6. The van der Waals surface area contributed by atoms with Crippen LogP contribution >= 0.6 is 0 Å². The molecule has 3 nitrogen and oxygen atoms in total. The van der Waals surface area contributed by atoms with E-state index in [0.717, 1.165) is 39.0 Å². The van der Waals surface area contributed by atoms with E-state index in [-0.39, 0.29) is 5.41 Å². The first-order valence-corrected chi connectivity index (χ1v) is 21.3. The van der Waals surface area contributed by atoms with Gasteiger partial charge < -0.3 is 13.9 Å². The summed E-state index contributed by atoms with van der Waals surface area (Å²) in [6.45, 7) is 4.73. The van der Waals surface area contributed by atoms with Crippen molar-refractivity contribution in [1.29, 1.82) is 0 Å². The number of nitrogens with zero attached hydrogens (tertiary/aromatic N) is 2. The van der Waals surface area contributed by atoms with E-state index in [1.807, 2.05) is 6.07 Å². The van der Waals surface area contributed by atoms with Gasteiger partial charge in [-0.1, -0.05) is 147 Å². The van der Waals surface area contributed by atoms with Gasteiger partial charge >= 0.3 is 0 Å². The molecule has 0 saturated heterocycles. The second kappa shape index (κ2) is 11.6. The molecule has 3 aliphatic rings. The van der Waals surface area contributed by atoms with E-state index in [4.69, 9.17) is 4.42 Å². The molecular formula is C58H38N2O. The van der Waals surface area contributed by atoms with Crippen LogP contribution in [0.1, 0.15) is 47.2 Å². The van der Waals surface area contributed by atoms with Crippen molar-refractivity contribution in [1.82, 2.24) is 4.57 Å². The maximum absolute atomic E-state index is 6.38. The Morgan fingerprint density at radius 3 is 1.79 bits per heavy atom. The molecule has 1 aliphatic heterocycles. The molecule has 0 radical (unpaired) electrons. The van der Waals surface area contributed by atoms with Crippen molar-refractivity contribution in [3.05, 3.63) is 228 Å². The third-order valence-electron chi connectivity index (χ3n) is 14.4. The molecular weight excluding hydrogens is 741 g/mol. The van der Waals surface area contributed by atoms with Crippen molar-refractivity contribution in [2.24, 2.45) is 0 Å². The Labute approximate surface area is 353 Å². The highest BCUT2D eigenvalue weighted by Crippen LogP contribution is 2.62. The summed E-state index contributed by atoms with van der Waals surface area (Å²) < 4.78 is 8.90. The first-order chi connectivity index (χ1) is 30.0. The lowest BCUT2D eigenvalue weighted by atomic mass is 9.65. The molecule has 14 rings (SSSR count). The zero-order valence-corrected chi connectivity index (χ0v) is 33.8. The summed E-state index contributed by atoms with van der Waals surface area (Å²) in [4.78, 5) is 2.48. The van der Waals surface area contributed by atoms with Crippen LogP contribution in [0.25, 0.3) is 71.7 Å². The number of para-hydroxylation sites is 4. The van der Waals surface area contributed by atoms with Crippen molar-refractivity contribution in [2.75, 3.05) is 4.90 Å². The van der Waals surface area contributed by atoms with Crippen LogP contribution in [0.2, 0.25) is 0 Å². The minimum absolute atomic E-state index is 0.148. The van der Waals surface area contributed by atoms with Crippen LogP contribution in [0.15, 0.2) is 199 Å². The molecule has 2 aliphatic carbocycles. The molecule has 2 aromatic heterocycles. The minimum atomic E-state index is -0.555. The fraction of sp³-hybridized carbons (Fsp3) is 0.0690. The standard InChI is InChI=1S/C58H38N2O/c1-57(2)46-19-7-3-14-38(46)40-29-26-36(33-50(40)57)59(35-28-31-55-45(32-35)43-17-6-12-25-54(43)61-55)37-27-30-41-39-15-4-8-20-47(39)58(51(41)34-37)48-21-9-11-24-53(48)60-52-23-10-5-16-42(52)44-18-13-22-49(58)56(44)60/h3-34H,1-2H3. The van der Waals surface area contributed by atoms with Gasteiger partial charge in [-0.2, -0.15) is 0 Å². The number of fused-ring (bicyclic) bond motifs is 18. The zero-order chi connectivity index (χ0) is 40.2. The van der Waals surface area contributed by atoms with Gasteiger partial charge in [0.2, 0.25) is 0 Å². The number of hydrogen-bond acceptors (Lipinski definition) is 2. The van der Waals surface area contributed by atoms with Crippen LogP contribution in [0.5, 0.6) is 0 Å². The second-order valence-electron chi connectivity index (χ2n) is 17.6. The Kier molecular flexibility index (Phi) is 6.30. The van der Waals surface area contributed by atoms with Crippen molar-refractivity contribution in [2.45, 2.75) is 24.7 Å². The molecule has 0 fully saturated rings. The zero-order valence-electron chi connectivity index (χ0n) is 33.8. The summed E-state index contributed by atoms with van der Waals surface area (Å²) in [6.07, 6.45) is 0. The van der Waals surface area contributed by atoms with Crippen LogP contribution in [0, 0.1) is 0 Å². The van der Waals surface area contributed by atoms with Crippen molar-refractivity contribution in [3.63, 3.8) is 0 Å². The smallest absolute Gasteiger partial charge is 0.135 e. The van der Waals surface area contributed by atoms with Gasteiger partial charge in [-0.3, -0.25) is 0 Å². The highest BCUT2D eigenvalue weighted by atomic mass is 16.3. The van der Waals surface area contributed by atoms with Crippen LogP contribution in [-0.2, 0) is 10.8 Å². The van der Waals surface area contributed by atoms with Gasteiger partial charge in [0.25, 0.3) is 0 Å². The minimum Gasteiger partial charge on any atom is -0.456 e. The van der Waals surface area contributed by atoms with Crippen molar-refractivity contribution < 1.29 is 4.42 Å². The molecule has 0 bridgehead atoms. The van der Waals surface area contributed by atoms with Crippen LogP contribution in [0.3, 0.4) is 0 Å². The largest absolute Gasteiger partial charge is 0.456 e. The number of aromatic nitrogens is 1. The van der Waals surface area contributed by atoms with Gasteiger partial charge in [0.15, 0.2) is 0 Å². The molecule has 1 unspecified atom stereocenters. The highest BCUT2D eigenvalue weighted by molar-refractivity contribution is 6.13. The van der Waals surface area contributed by atoms with Gasteiger partial charge in [0, 0.05) is 44.0 Å². The van der Waals surface area contributed by atoms with Crippen LogP contribution in [-0.4, -0.2) is 4.57 Å². The lowest BCUT2D eigenvalue weighted by molar-refractivity contribution is 0.660. The summed E-state index contributed by atoms with van der Waals surface area (Å²) in [5.74, 6) is 0. The lowest BCUT2D eigenvalue weighted by Crippen LogP contribution is -2.33. The van der Waals surface area contributed by atoms with E-state index in [0.29, 0.717) is 0 Å². The Morgan fingerprint density at radius 1 is 0.393 bits per heavy atom. The maximum atomic E-state index is 6.38. The first-order valence-electron chi connectivity index (χ1n) is 21.3. The van der Waals surface area contributed by atoms with E-state index in [9.17, 15) is 0 Å². The van der Waals surface area contributed by atoms with Crippen LogP contribution < -0.4 is 4.90 Å². The number of anilines is 3. The van der Waals surface area contributed by atoms with E-state index in [1.54, 1.807) is 0 Å². The quantitative estimate of drug-likeness (QED) is 0.178. The molecule has 0 N–H and O–H groups in total. The highest BCUT2D eigenvalue weighted by Gasteiger charge is 2.51. The molecule has 286 valence electrons. The summed E-state index contributed by atoms with van der Waals surface area (Å²) in [7, 11) is 0. The third kappa shape index (κ3) is 4.09. The normalized spacial score (nSPS) is 16.2. The third-order valence-corrected chi connectivity index (χ3v) is 14.4. The predicted molar refractivity (Wildman–Crippen MR) is 251 cm³/mol. The van der Waals surface area contributed by atoms with Gasteiger partial charge in [-0.05, 0) is 116 Å².